The van der Waals surface area contributed by atoms with E-state index in [1.807, 2.05) is 43.3 Å². The second-order valence-electron chi connectivity index (χ2n) is 9.71. The SMILES string of the molecule is Cc1cccc([C@@H]2[C@H]3CCCN3[C@]3(C(=O)N(C)c4ccccc43)[C@H]2c2onc(C)c2[N+](=O)[O-])c1. The number of nitro groups is 1. The Bertz CT molecular complexity index is 1330. The normalized spacial score (nSPS) is 28.0. The molecule has 1 aromatic heterocycles. The lowest BCUT2D eigenvalue weighted by atomic mass is 9.70. The van der Waals surface area contributed by atoms with Crippen molar-refractivity contribution in [3.8, 4) is 0 Å². The number of anilines is 1. The molecule has 6 rings (SSSR count). The first kappa shape index (κ1) is 21.0. The molecule has 3 aliphatic heterocycles. The number of aromatic nitrogens is 1. The quantitative estimate of drug-likeness (QED) is 0.426. The van der Waals surface area contributed by atoms with Crippen molar-refractivity contribution < 1.29 is 14.2 Å². The molecule has 8 nitrogen and oxygen atoms in total. The summed E-state index contributed by atoms with van der Waals surface area (Å²) in [6.45, 7) is 4.38. The first-order chi connectivity index (χ1) is 16.4. The first-order valence-electron chi connectivity index (χ1n) is 11.7. The molecular formula is C26H26N4O4. The number of benzene rings is 2. The maximum atomic E-state index is 14.3. The molecule has 0 N–H and O–H groups in total. The molecule has 3 aliphatic rings. The average molecular weight is 459 g/mol. The Hall–Kier alpha value is -3.52. The molecule has 2 saturated heterocycles. The zero-order chi connectivity index (χ0) is 23.8. The second kappa shape index (κ2) is 7.24. The summed E-state index contributed by atoms with van der Waals surface area (Å²) < 4.78 is 5.78. The molecule has 34 heavy (non-hydrogen) atoms. The zero-order valence-electron chi connectivity index (χ0n) is 19.4. The van der Waals surface area contributed by atoms with Gasteiger partial charge in [-0.3, -0.25) is 19.8 Å². The van der Waals surface area contributed by atoms with E-state index >= 15 is 0 Å². The monoisotopic (exact) mass is 458 g/mol. The molecule has 3 aromatic rings. The van der Waals surface area contributed by atoms with Crippen molar-refractivity contribution in [3.05, 3.63) is 86.8 Å². The van der Waals surface area contributed by atoms with Gasteiger partial charge in [0.15, 0.2) is 5.69 Å². The van der Waals surface area contributed by atoms with E-state index in [2.05, 4.69) is 22.2 Å². The molecule has 0 radical (unpaired) electrons. The van der Waals surface area contributed by atoms with Crippen LogP contribution in [0.1, 0.15) is 52.8 Å². The summed E-state index contributed by atoms with van der Waals surface area (Å²) in [6, 6.07) is 16.1. The highest BCUT2D eigenvalue weighted by molar-refractivity contribution is 6.08. The van der Waals surface area contributed by atoms with Crippen LogP contribution in [0, 0.1) is 24.0 Å². The lowest BCUT2D eigenvalue weighted by molar-refractivity contribution is -0.386. The van der Waals surface area contributed by atoms with Gasteiger partial charge in [0, 0.05) is 30.3 Å². The van der Waals surface area contributed by atoms with Crippen molar-refractivity contribution in [1.82, 2.24) is 10.1 Å². The number of para-hydroxylation sites is 1. The summed E-state index contributed by atoms with van der Waals surface area (Å²) >= 11 is 0. The number of nitrogens with zero attached hydrogens (tertiary/aromatic N) is 4. The summed E-state index contributed by atoms with van der Waals surface area (Å²) in [5, 5.41) is 16.2. The highest BCUT2D eigenvalue weighted by Gasteiger charge is 2.70. The average Bonchev–Trinajstić information content (AvgIpc) is 3.54. The topological polar surface area (TPSA) is 92.7 Å². The fraction of sp³-hybridized carbons (Fsp3) is 0.385. The molecule has 4 atom stereocenters. The second-order valence-corrected chi connectivity index (χ2v) is 9.71. The van der Waals surface area contributed by atoms with Crippen LogP contribution in [0.4, 0.5) is 11.4 Å². The van der Waals surface area contributed by atoms with Crippen LogP contribution in [0.2, 0.25) is 0 Å². The van der Waals surface area contributed by atoms with Crippen molar-refractivity contribution in [1.29, 1.82) is 0 Å². The molecule has 8 heteroatoms. The van der Waals surface area contributed by atoms with Crippen LogP contribution in [0.3, 0.4) is 0 Å². The van der Waals surface area contributed by atoms with E-state index in [1.165, 1.54) is 0 Å². The lowest BCUT2D eigenvalue weighted by Gasteiger charge is -2.36. The van der Waals surface area contributed by atoms with Crippen LogP contribution in [0.15, 0.2) is 53.1 Å². The molecule has 2 aromatic carbocycles. The van der Waals surface area contributed by atoms with Gasteiger partial charge in [-0.2, -0.15) is 0 Å². The Morgan fingerprint density at radius 2 is 1.97 bits per heavy atom. The Kier molecular flexibility index (Phi) is 4.48. The van der Waals surface area contributed by atoms with Gasteiger partial charge in [0.25, 0.3) is 5.91 Å². The maximum absolute atomic E-state index is 14.3. The smallest absolute Gasteiger partial charge is 0.334 e. The zero-order valence-corrected chi connectivity index (χ0v) is 19.4. The number of rotatable bonds is 3. The molecule has 0 bridgehead atoms. The molecule has 0 aliphatic carbocycles. The van der Waals surface area contributed by atoms with Gasteiger partial charge < -0.3 is 9.42 Å². The predicted octanol–water partition coefficient (Wildman–Crippen LogP) is 4.42. The van der Waals surface area contributed by atoms with E-state index in [4.69, 9.17) is 4.52 Å². The molecule has 174 valence electrons. The molecule has 0 saturated carbocycles. The van der Waals surface area contributed by atoms with Crippen LogP contribution < -0.4 is 4.90 Å². The highest BCUT2D eigenvalue weighted by atomic mass is 16.6. The van der Waals surface area contributed by atoms with Crippen LogP contribution in [0.25, 0.3) is 0 Å². The molecule has 2 fully saturated rings. The largest absolute Gasteiger partial charge is 0.353 e. The summed E-state index contributed by atoms with van der Waals surface area (Å²) in [7, 11) is 1.79. The Morgan fingerprint density at radius 3 is 2.74 bits per heavy atom. The van der Waals surface area contributed by atoms with Gasteiger partial charge in [0.05, 0.1) is 10.8 Å². The minimum atomic E-state index is -1.09. The van der Waals surface area contributed by atoms with E-state index < -0.39 is 16.4 Å². The number of fused-ring (bicyclic) bond motifs is 4. The summed E-state index contributed by atoms with van der Waals surface area (Å²) in [4.78, 5) is 30.1. The van der Waals surface area contributed by atoms with E-state index in [1.54, 1.807) is 18.9 Å². The molecule has 1 spiro atoms. The van der Waals surface area contributed by atoms with Crippen molar-refractivity contribution in [2.45, 2.75) is 50.1 Å². The fourth-order valence-corrected chi connectivity index (χ4v) is 6.86. The summed E-state index contributed by atoms with van der Waals surface area (Å²) in [5.74, 6) is -0.609. The van der Waals surface area contributed by atoms with Gasteiger partial charge >= 0.3 is 5.69 Å². The number of likely N-dealkylation sites (N-methyl/N-ethyl adjacent to an activating group) is 1. The van der Waals surface area contributed by atoms with E-state index in [9.17, 15) is 14.9 Å². The molecular weight excluding hydrogens is 432 g/mol. The van der Waals surface area contributed by atoms with Gasteiger partial charge in [-0.05, 0) is 44.9 Å². The van der Waals surface area contributed by atoms with E-state index in [-0.39, 0.29) is 35.0 Å². The number of aryl methyl sites for hydroxylation is 2. The van der Waals surface area contributed by atoms with Gasteiger partial charge in [-0.25, -0.2) is 0 Å². The Labute approximate surface area is 197 Å². The van der Waals surface area contributed by atoms with Crippen LogP contribution in [0.5, 0.6) is 0 Å². The maximum Gasteiger partial charge on any atom is 0.334 e. The number of amides is 1. The third-order valence-electron chi connectivity index (χ3n) is 8.03. The minimum absolute atomic E-state index is 0.0558. The van der Waals surface area contributed by atoms with Gasteiger partial charge in [-0.1, -0.05) is 53.2 Å². The third-order valence-corrected chi connectivity index (χ3v) is 8.03. The van der Waals surface area contributed by atoms with Crippen LogP contribution >= 0.6 is 0 Å². The predicted molar refractivity (Wildman–Crippen MR) is 126 cm³/mol. The fourth-order valence-electron chi connectivity index (χ4n) is 6.86. The van der Waals surface area contributed by atoms with Crippen molar-refractivity contribution in [2.75, 3.05) is 18.5 Å². The van der Waals surface area contributed by atoms with Crippen molar-refractivity contribution in [3.63, 3.8) is 0 Å². The van der Waals surface area contributed by atoms with Gasteiger partial charge in [0.1, 0.15) is 5.54 Å². The number of carbonyl (C=O) groups is 1. The molecule has 0 unspecified atom stereocenters. The minimum Gasteiger partial charge on any atom is -0.353 e. The highest BCUT2D eigenvalue weighted by Crippen LogP contribution is 2.65. The first-order valence-corrected chi connectivity index (χ1v) is 11.7. The number of carbonyl (C=O) groups excluding carboxylic acids is 1. The molecule has 4 heterocycles. The van der Waals surface area contributed by atoms with Gasteiger partial charge in [0.2, 0.25) is 5.76 Å². The Balaban J connectivity index is 1.70. The summed E-state index contributed by atoms with van der Waals surface area (Å²) in [5.41, 5.74) is 2.94. The third kappa shape index (κ3) is 2.51. The summed E-state index contributed by atoms with van der Waals surface area (Å²) in [6.07, 6.45) is 1.88. The van der Waals surface area contributed by atoms with E-state index in [0.29, 0.717) is 0 Å². The number of hydrogen-bond donors (Lipinski definition) is 0. The van der Waals surface area contributed by atoms with Crippen molar-refractivity contribution in [2.24, 2.45) is 0 Å². The lowest BCUT2D eigenvalue weighted by Crippen LogP contribution is -2.52. The standard InChI is InChI=1S/C26H26N4O4/c1-15-8-6-9-17(14-15)21-20-12-7-13-29(20)26(18-10-4-5-11-19(18)28(3)25(26)31)22(21)24-23(30(32)33)16(2)27-34-24/h4-6,8-11,14,20-22H,7,12-13H2,1-3H3/t20-,21-,22-,26+/m1/s1. The number of hydrogen-bond acceptors (Lipinski definition) is 6. The van der Waals surface area contributed by atoms with E-state index in [0.717, 1.165) is 41.8 Å². The Morgan fingerprint density at radius 1 is 1.18 bits per heavy atom. The molecule has 1 amide bonds. The van der Waals surface area contributed by atoms with Gasteiger partial charge in [-0.15, -0.1) is 0 Å². The van der Waals surface area contributed by atoms with Crippen LogP contribution in [-0.4, -0.2) is 40.5 Å². The van der Waals surface area contributed by atoms with Crippen LogP contribution in [-0.2, 0) is 10.3 Å². The van der Waals surface area contributed by atoms with Crippen molar-refractivity contribution >= 4 is 17.3 Å².